The summed E-state index contributed by atoms with van der Waals surface area (Å²) >= 11 is 5.97. The Morgan fingerprint density at radius 1 is 1.32 bits per heavy atom. The molecule has 0 radical (unpaired) electrons. The van der Waals surface area contributed by atoms with E-state index in [2.05, 4.69) is 0 Å². The van der Waals surface area contributed by atoms with Gasteiger partial charge in [-0.3, -0.25) is 0 Å². The fourth-order valence-electron chi connectivity index (χ4n) is 2.59. The first-order valence-corrected chi connectivity index (χ1v) is 7.49. The largest absolute Gasteiger partial charge is 0.550 e. The minimum atomic E-state index is -1.17. The van der Waals surface area contributed by atoms with Crippen LogP contribution in [0.4, 0.5) is 4.79 Å². The minimum absolute atomic E-state index is 0.0778. The highest BCUT2D eigenvalue weighted by Crippen LogP contribution is 2.34. The number of benzene rings is 1. The van der Waals surface area contributed by atoms with Crippen LogP contribution in [0.5, 0.6) is 0 Å². The zero-order valence-electron chi connectivity index (χ0n) is 12.8. The number of rotatable bonds is 2. The molecule has 2 atom stereocenters. The van der Waals surface area contributed by atoms with E-state index in [9.17, 15) is 14.7 Å². The Balaban J connectivity index is 2.20. The summed E-state index contributed by atoms with van der Waals surface area (Å²) in [6.45, 7) is 5.66. The van der Waals surface area contributed by atoms with Crippen molar-refractivity contribution in [1.29, 1.82) is 0 Å². The average molecular weight is 325 g/mol. The zero-order valence-corrected chi connectivity index (χ0v) is 13.6. The van der Waals surface area contributed by atoms with E-state index in [0.717, 1.165) is 5.56 Å². The van der Waals surface area contributed by atoms with Gasteiger partial charge in [-0.25, -0.2) is 4.79 Å². The molecule has 1 aromatic rings. The Labute approximate surface area is 134 Å². The van der Waals surface area contributed by atoms with Crippen LogP contribution in [0.15, 0.2) is 24.3 Å². The van der Waals surface area contributed by atoms with Gasteiger partial charge in [0.15, 0.2) is 0 Å². The maximum atomic E-state index is 12.1. The van der Waals surface area contributed by atoms with Crippen molar-refractivity contribution >= 4 is 23.7 Å². The zero-order chi connectivity index (χ0) is 16.5. The summed E-state index contributed by atoms with van der Waals surface area (Å²) in [5.74, 6) is -2.29. The lowest BCUT2D eigenvalue weighted by molar-refractivity contribution is -0.311. The summed E-state index contributed by atoms with van der Waals surface area (Å²) < 4.78 is 5.31. The summed E-state index contributed by atoms with van der Waals surface area (Å²) in [7, 11) is 0. The van der Waals surface area contributed by atoms with Crippen molar-refractivity contribution < 1.29 is 19.4 Å². The summed E-state index contributed by atoms with van der Waals surface area (Å²) in [4.78, 5) is 25.0. The minimum Gasteiger partial charge on any atom is -0.550 e. The first-order chi connectivity index (χ1) is 10.2. The number of hydrogen-bond donors (Lipinski definition) is 0. The van der Waals surface area contributed by atoms with E-state index in [4.69, 9.17) is 16.3 Å². The number of likely N-dealkylation sites (tertiary alicyclic amines) is 1. The van der Waals surface area contributed by atoms with E-state index in [1.54, 1.807) is 39.0 Å². The number of carboxylic acid groups (broad SMARTS) is 1. The van der Waals surface area contributed by atoms with Gasteiger partial charge in [0.25, 0.3) is 0 Å². The molecule has 1 saturated heterocycles. The predicted octanol–water partition coefficient (Wildman–Crippen LogP) is 2.04. The molecule has 0 N–H and O–H groups in total. The van der Waals surface area contributed by atoms with Gasteiger partial charge in [-0.1, -0.05) is 23.7 Å². The van der Waals surface area contributed by atoms with E-state index in [1.165, 1.54) is 4.90 Å². The molecule has 6 heteroatoms. The molecule has 1 aromatic carbocycles. The molecule has 5 nitrogen and oxygen atoms in total. The molecule has 0 unspecified atom stereocenters. The normalized spacial score (nSPS) is 21.7. The van der Waals surface area contributed by atoms with Crippen LogP contribution in [0, 0.1) is 5.92 Å². The highest BCUT2D eigenvalue weighted by Gasteiger charge is 2.38. The molecule has 0 bridgehead atoms. The molecule has 22 heavy (non-hydrogen) atoms. The lowest BCUT2D eigenvalue weighted by Gasteiger charge is -2.24. The molecule has 1 aliphatic rings. The van der Waals surface area contributed by atoms with Crippen molar-refractivity contribution in [2.45, 2.75) is 32.3 Å². The molecule has 0 aromatic heterocycles. The first kappa shape index (κ1) is 16.6. The van der Waals surface area contributed by atoms with E-state index in [-0.39, 0.29) is 19.0 Å². The third-order valence-corrected chi connectivity index (χ3v) is 3.79. The number of carboxylic acids is 1. The summed E-state index contributed by atoms with van der Waals surface area (Å²) in [6.07, 6.45) is -0.511. The van der Waals surface area contributed by atoms with Crippen molar-refractivity contribution in [3.05, 3.63) is 34.9 Å². The highest BCUT2D eigenvalue weighted by molar-refractivity contribution is 6.30. The average Bonchev–Trinajstić information content (AvgIpc) is 2.82. The number of carbonyl (C=O) groups excluding carboxylic acids is 2. The van der Waals surface area contributed by atoms with E-state index < -0.39 is 23.6 Å². The Morgan fingerprint density at radius 2 is 2.00 bits per heavy atom. The number of nitrogens with zero attached hydrogens (tertiary/aromatic N) is 1. The van der Waals surface area contributed by atoms with Crippen LogP contribution in [-0.2, 0) is 9.53 Å². The van der Waals surface area contributed by atoms with Gasteiger partial charge in [-0.05, 0) is 38.5 Å². The second kappa shape index (κ2) is 6.16. The molecule has 0 spiro atoms. The first-order valence-electron chi connectivity index (χ1n) is 7.11. The smallest absolute Gasteiger partial charge is 0.410 e. The molecule has 0 aliphatic carbocycles. The summed E-state index contributed by atoms with van der Waals surface area (Å²) in [5.41, 5.74) is 0.162. The molecule has 1 amide bonds. The Morgan fingerprint density at radius 3 is 2.55 bits per heavy atom. The van der Waals surface area contributed by atoms with Crippen LogP contribution in [0.3, 0.4) is 0 Å². The number of aliphatic carboxylic acids is 1. The lowest BCUT2D eigenvalue weighted by atomic mass is 9.89. The van der Waals surface area contributed by atoms with Gasteiger partial charge in [0.05, 0.1) is 0 Å². The Hall–Kier alpha value is -1.75. The van der Waals surface area contributed by atoms with Crippen molar-refractivity contribution in [2.24, 2.45) is 5.92 Å². The SMILES string of the molecule is CC(C)(C)OC(=O)N1C[C@@H](C(=O)[O-])[C@H](c2cccc(Cl)c2)C1. The molecular weight excluding hydrogens is 306 g/mol. The number of amides is 1. The third kappa shape index (κ3) is 3.91. The van der Waals surface area contributed by atoms with Gasteiger partial charge < -0.3 is 19.5 Å². The molecule has 120 valence electrons. The van der Waals surface area contributed by atoms with E-state index in [1.807, 2.05) is 6.07 Å². The van der Waals surface area contributed by atoms with Crippen molar-refractivity contribution in [2.75, 3.05) is 13.1 Å². The van der Waals surface area contributed by atoms with Gasteiger partial charge in [-0.2, -0.15) is 0 Å². The van der Waals surface area contributed by atoms with Gasteiger partial charge in [0, 0.05) is 35.9 Å². The van der Waals surface area contributed by atoms with Gasteiger partial charge in [0.2, 0.25) is 0 Å². The van der Waals surface area contributed by atoms with Crippen LogP contribution in [0.1, 0.15) is 32.3 Å². The van der Waals surface area contributed by atoms with E-state index in [0.29, 0.717) is 5.02 Å². The van der Waals surface area contributed by atoms with Crippen LogP contribution in [0.2, 0.25) is 5.02 Å². The van der Waals surface area contributed by atoms with Crippen LogP contribution < -0.4 is 5.11 Å². The molecule has 1 fully saturated rings. The summed E-state index contributed by atoms with van der Waals surface area (Å²) in [5, 5.41) is 11.9. The molecule has 1 heterocycles. The highest BCUT2D eigenvalue weighted by atomic mass is 35.5. The van der Waals surface area contributed by atoms with Crippen LogP contribution >= 0.6 is 11.6 Å². The molecule has 2 rings (SSSR count). The Bertz CT molecular complexity index is 582. The molecule has 1 aliphatic heterocycles. The number of ether oxygens (including phenoxy) is 1. The number of halogens is 1. The lowest BCUT2D eigenvalue weighted by Crippen LogP contribution is -2.38. The second-order valence-corrected chi connectivity index (χ2v) is 6.91. The maximum absolute atomic E-state index is 12.1. The van der Waals surface area contributed by atoms with E-state index >= 15 is 0 Å². The predicted molar refractivity (Wildman–Crippen MR) is 80.5 cm³/mol. The fourth-order valence-corrected chi connectivity index (χ4v) is 2.79. The van der Waals surface area contributed by atoms with Crippen LogP contribution in [-0.4, -0.2) is 35.7 Å². The standard InChI is InChI=1S/C16H20ClNO4/c1-16(2,3)22-15(21)18-8-12(13(9-18)14(19)20)10-5-4-6-11(17)7-10/h4-7,12-13H,8-9H2,1-3H3,(H,19,20)/p-1/t12-,13+/m0/s1. The third-order valence-electron chi connectivity index (χ3n) is 3.55. The van der Waals surface area contributed by atoms with Gasteiger partial charge in [-0.15, -0.1) is 0 Å². The molecule has 0 saturated carbocycles. The van der Waals surface area contributed by atoms with Crippen molar-refractivity contribution in [1.82, 2.24) is 4.90 Å². The monoisotopic (exact) mass is 324 g/mol. The van der Waals surface area contributed by atoms with Gasteiger partial charge >= 0.3 is 6.09 Å². The van der Waals surface area contributed by atoms with Gasteiger partial charge in [0.1, 0.15) is 5.60 Å². The van der Waals surface area contributed by atoms with Crippen molar-refractivity contribution in [3.63, 3.8) is 0 Å². The number of hydrogen-bond acceptors (Lipinski definition) is 4. The summed E-state index contributed by atoms with van der Waals surface area (Å²) in [6, 6.07) is 7.02. The van der Waals surface area contributed by atoms with Crippen LogP contribution in [0.25, 0.3) is 0 Å². The number of carbonyl (C=O) groups is 2. The topological polar surface area (TPSA) is 69.7 Å². The Kier molecular flexibility index (Phi) is 4.66. The second-order valence-electron chi connectivity index (χ2n) is 6.47. The molecular formula is C16H19ClNO4-. The van der Waals surface area contributed by atoms with Crippen molar-refractivity contribution in [3.8, 4) is 0 Å². The maximum Gasteiger partial charge on any atom is 0.410 e. The fraction of sp³-hybridized carbons (Fsp3) is 0.500. The quantitative estimate of drug-likeness (QED) is 0.834.